The monoisotopic (exact) mass is 252 g/mol. The number of hydrogen-bond acceptors (Lipinski definition) is 0. The highest BCUT2D eigenvalue weighted by molar-refractivity contribution is 5.98. The highest BCUT2D eigenvalue weighted by atomic mass is 14.1. The quantitative estimate of drug-likeness (QED) is 0.554. The molecule has 3 aromatic rings. The van der Waals surface area contributed by atoms with E-state index in [1.165, 1.54) is 0 Å². The van der Waals surface area contributed by atoms with Crippen LogP contribution in [0.3, 0.4) is 0 Å². The van der Waals surface area contributed by atoms with Crippen molar-refractivity contribution >= 4 is 10.8 Å². The minimum absolute atomic E-state index is 0.00701. The molecule has 0 nitrogen and oxygen atoms in total. The van der Waals surface area contributed by atoms with Gasteiger partial charge in [0, 0.05) is 0 Å². The fraction of sp³-hybridized carbons (Fsp3) is 0.158. The van der Waals surface area contributed by atoms with Crippen LogP contribution in [0.2, 0.25) is 0 Å². The van der Waals surface area contributed by atoms with Crippen molar-refractivity contribution in [2.75, 3.05) is 0 Å². The molecule has 0 atom stereocenters. The SMILES string of the molecule is [2H]c1c([2H])c([2H])c2c(C(C)C)c([2H])c([2H])c(-c3ccccc3)c2c1[2H]. The Labute approximate surface area is 123 Å². The zero-order chi connectivity index (χ0) is 18.5. The second-order valence-corrected chi connectivity index (χ2v) is 4.81. The van der Waals surface area contributed by atoms with Crippen molar-refractivity contribution < 1.29 is 8.22 Å². The summed E-state index contributed by atoms with van der Waals surface area (Å²) in [6, 6.07) is 8.13. The molecular formula is C19H18. The topological polar surface area (TPSA) is 0 Å². The number of fused-ring (bicyclic) bond motifs is 1. The largest absolute Gasteiger partial charge is 0.0630 e. The summed E-state index contributed by atoms with van der Waals surface area (Å²) in [4.78, 5) is 0. The van der Waals surface area contributed by atoms with E-state index in [0.29, 0.717) is 27.5 Å². The molecule has 0 saturated carbocycles. The standard InChI is InChI=1S/C19H18/c1-14(2)16-12-13-17(15-8-4-3-5-9-15)19-11-7-6-10-18(16)19/h3-14H,1-2H3/i6D,7D,10D,11D,12D,13D. The molecule has 0 unspecified atom stereocenters. The minimum Gasteiger partial charge on any atom is -0.0622 e. The molecule has 0 aliphatic rings. The Morgan fingerprint density at radius 1 is 0.842 bits per heavy atom. The highest BCUT2D eigenvalue weighted by Gasteiger charge is 2.09. The van der Waals surface area contributed by atoms with Crippen LogP contribution >= 0.6 is 0 Å². The van der Waals surface area contributed by atoms with Gasteiger partial charge in [-0.3, -0.25) is 0 Å². The summed E-state index contributed by atoms with van der Waals surface area (Å²) in [6.45, 7) is 3.74. The summed E-state index contributed by atoms with van der Waals surface area (Å²) in [6.07, 6.45) is 0. The van der Waals surface area contributed by atoms with Crippen LogP contribution in [-0.2, 0) is 0 Å². The summed E-state index contributed by atoms with van der Waals surface area (Å²) < 4.78 is 49.7. The van der Waals surface area contributed by atoms with Crippen LogP contribution in [0.4, 0.5) is 0 Å². The third-order valence-electron chi connectivity index (χ3n) is 3.17. The van der Waals surface area contributed by atoms with E-state index in [4.69, 9.17) is 8.22 Å². The summed E-state index contributed by atoms with van der Waals surface area (Å²) in [5, 5.41) is 0.669. The van der Waals surface area contributed by atoms with Crippen LogP contribution in [-0.4, -0.2) is 0 Å². The third-order valence-corrected chi connectivity index (χ3v) is 3.17. The van der Waals surface area contributed by atoms with Crippen molar-refractivity contribution in [2.45, 2.75) is 19.8 Å². The zero-order valence-electron chi connectivity index (χ0n) is 17.0. The predicted octanol–water partition coefficient (Wildman–Crippen LogP) is 5.63. The van der Waals surface area contributed by atoms with Gasteiger partial charge in [-0.1, -0.05) is 80.4 Å². The highest BCUT2D eigenvalue weighted by Crippen LogP contribution is 2.33. The Morgan fingerprint density at radius 2 is 1.53 bits per heavy atom. The molecule has 0 heteroatoms. The van der Waals surface area contributed by atoms with E-state index in [1.54, 1.807) is 12.1 Å². The van der Waals surface area contributed by atoms with Crippen LogP contribution in [0.15, 0.2) is 66.6 Å². The molecule has 0 aliphatic carbocycles. The van der Waals surface area contributed by atoms with E-state index in [0.717, 1.165) is 0 Å². The molecular weight excluding hydrogens is 228 g/mol. The van der Waals surface area contributed by atoms with Gasteiger partial charge in [-0.15, -0.1) is 0 Å². The molecule has 0 aliphatic heterocycles. The number of benzene rings is 3. The Morgan fingerprint density at radius 3 is 2.21 bits per heavy atom. The van der Waals surface area contributed by atoms with Crippen LogP contribution in [0, 0.1) is 0 Å². The number of rotatable bonds is 2. The smallest absolute Gasteiger partial charge is 0.0622 e. The van der Waals surface area contributed by atoms with Gasteiger partial charge in [0.2, 0.25) is 0 Å². The zero-order valence-corrected chi connectivity index (χ0v) is 11.0. The summed E-state index contributed by atoms with van der Waals surface area (Å²) in [5.74, 6) is -0.136. The van der Waals surface area contributed by atoms with E-state index >= 15 is 0 Å². The molecule has 0 amide bonds. The molecule has 3 aromatic carbocycles. The molecule has 0 heterocycles. The maximum Gasteiger partial charge on any atom is 0.0630 e. The first-order chi connectivity index (χ1) is 11.8. The molecule has 0 aromatic heterocycles. The third kappa shape index (κ3) is 2.15. The fourth-order valence-corrected chi connectivity index (χ4v) is 2.21. The van der Waals surface area contributed by atoms with Crippen molar-refractivity contribution in [3.8, 4) is 11.1 Å². The first-order valence-corrected chi connectivity index (χ1v) is 6.35. The van der Waals surface area contributed by atoms with E-state index in [1.807, 2.05) is 32.0 Å². The predicted molar refractivity (Wildman–Crippen MR) is 83.5 cm³/mol. The van der Waals surface area contributed by atoms with Crippen molar-refractivity contribution in [3.63, 3.8) is 0 Å². The first kappa shape index (κ1) is 6.91. The Bertz CT molecular complexity index is 977. The molecule has 0 radical (unpaired) electrons. The molecule has 3 rings (SSSR count). The Hall–Kier alpha value is -2.08. The lowest BCUT2D eigenvalue weighted by molar-refractivity contribution is 0.876. The van der Waals surface area contributed by atoms with Gasteiger partial charge in [0.05, 0.1) is 8.22 Å². The van der Waals surface area contributed by atoms with Gasteiger partial charge in [0.15, 0.2) is 0 Å². The van der Waals surface area contributed by atoms with Crippen molar-refractivity contribution in [1.29, 1.82) is 0 Å². The number of hydrogen-bond donors (Lipinski definition) is 0. The maximum atomic E-state index is 8.50. The van der Waals surface area contributed by atoms with E-state index in [-0.39, 0.29) is 42.2 Å². The average molecular weight is 252 g/mol. The molecule has 0 N–H and O–H groups in total. The van der Waals surface area contributed by atoms with Gasteiger partial charge in [0.1, 0.15) is 0 Å². The van der Waals surface area contributed by atoms with Crippen LogP contribution < -0.4 is 0 Å². The lowest BCUT2D eigenvalue weighted by Gasteiger charge is -2.13. The summed E-state index contributed by atoms with van der Waals surface area (Å²) in [7, 11) is 0. The second-order valence-electron chi connectivity index (χ2n) is 4.81. The van der Waals surface area contributed by atoms with Gasteiger partial charge in [0.25, 0.3) is 0 Å². The molecule has 94 valence electrons. The van der Waals surface area contributed by atoms with Gasteiger partial charge in [-0.05, 0) is 33.4 Å². The molecule has 0 saturated heterocycles. The maximum absolute atomic E-state index is 8.50. The van der Waals surface area contributed by atoms with Crippen molar-refractivity contribution in [2.24, 2.45) is 0 Å². The van der Waals surface area contributed by atoms with E-state index < -0.39 is 0 Å². The van der Waals surface area contributed by atoms with Gasteiger partial charge < -0.3 is 0 Å². The second kappa shape index (κ2) is 4.89. The summed E-state index contributed by atoms with van der Waals surface area (Å²) in [5.41, 5.74) is 1.55. The normalized spacial score (nSPS) is 15.5. The molecule has 0 fully saturated rings. The van der Waals surface area contributed by atoms with Gasteiger partial charge in [-0.2, -0.15) is 0 Å². The first-order valence-electron chi connectivity index (χ1n) is 9.35. The van der Waals surface area contributed by atoms with Gasteiger partial charge >= 0.3 is 0 Å². The van der Waals surface area contributed by atoms with E-state index in [9.17, 15) is 0 Å². The van der Waals surface area contributed by atoms with E-state index in [2.05, 4.69) is 0 Å². The lowest BCUT2D eigenvalue weighted by Crippen LogP contribution is -1.91. The van der Waals surface area contributed by atoms with Crippen LogP contribution in [0.25, 0.3) is 21.9 Å². The van der Waals surface area contributed by atoms with Gasteiger partial charge in [-0.25, -0.2) is 0 Å². The minimum atomic E-state index is -0.318. The van der Waals surface area contributed by atoms with Crippen molar-refractivity contribution in [3.05, 3.63) is 72.1 Å². The van der Waals surface area contributed by atoms with Crippen LogP contribution in [0.5, 0.6) is 0 Å². The molecule has 0 spiro atoms. The Kier molecular flexibility index (Phi) is 1.78. The Balaban J connectivity index is 2.67. The summed E-state index contributed by atoms with van der Waals surface area (Å²) >= 11 is 0. The molecule has 0 bridgehead atoms. The fourth-order valence-electron chi connectivity index (χ4n) is 2.21. The average Bonchev–Trinajstić information content (AvgIpc) is 2.60. The molecule has 19 heavy (non-hydrogen) atoms. The lowest BCUT2D eigenvalue weighted by atomic mass is 9.91. The van der Waals surface area contributed by atoms with Crippen molar-refractivity contribution in [1.82, 2.24) is 0 Å². The van der Waals surface area contributed by atoms with Crippen LogP contribution in [0.1, 0.15) is 33.6 Å².